The number of ether oxygens (including phenoxy) is 2. The van der Waals surface area contributed by atoms with Gasteiger partial charge in [-0.1, -0.05) is 12.1 Å². The number of rotatable bonds is 5. The third-order valence-electron chi connectivity index (χ3n) is 3.10. The Morgan fingerprint density at radius 1 is 1.06 bits per heavy atom. The van der Waals surface area contributed by atoms with Crippen LogP contribution in [0.15, 0.2) is 30.3 Å². The molecule has 0 fully saturated rings. The van der Waals surface area contributed by atoms with Gasteiger partial charge in [0.2, 0.25) is 0 Å². The van der Waals surface area contributed by atoms with Crippen molar-refractivity contribution in [3.63, 3.8) is 0 Å². The van der Waals surface area contributed by atoms with Gasteiger partial charge in [0.15, 0.2) is 0 Å². The Hall–Kier alpha value is -1.74. The first kappa shape index (κ1) is 12.7. The minimum atomic E-state index is 0.184. The van der Waals surface area contributed by atoms with E-state index in [2.05, 4.69) is 0 Å². The molecule has 0 aromatic heterocycles. The van der Waals surface area contributed by atoms with E-state index in [-0.39, 0.29) is 6.61 Å². The van der Waals surface area contributed by atoms with E-state index in [1.165, 1.54) is 0 Å². The van der Waals surface area contributed by atoms with Gasteiger partial charge in [0.25, 0.3) is 0 Å². The van der Waals surface area contributed by atoms with Crippen molar-refractivity contribution in [3.8, 4) is 11.5 Å². The SMILES string of the molecule is COc1ccc2ccc(OC)c(CCCO)c2c1. The van der Waals surface area contributed by atoms with Gasteiger partial charge in [-0.15, -0.1) is 0 Å². The van der Waals surface area contributed by atoms with Crippen LogP contribution in [-0.2, 0) is 6.42 Å². The average molecular weight is 246 g/mol. The molecule has 3 nitrogen and oxygen atoms in total. The van der Waals surface area contributed by atoms with E-state index in [1.54, 1.807) is 14.2 Å². The largest absolute Gasteiger partial charge is 0.497 e. The van der Waals surface area contributed by atoms with Crippen LogP contribution in [0, 0.1) is 0 Å². The summed E-state index contributed by atoms with van der Waals surface area (Å²) in [6.45, 7) is 0.184. The molecule has 0 saturated carbocycles. The van der Waals surface area contributed by atoms with Gasteiger partial charge in [-0.3, -0.25) is 0 Å². The molecule has 96 valence electrons. The molecule has 0 bridgehead atoms. The highest BCUT2D eigenvalue weighted by atomic mass is 16.5. The standard InChI is InChI=1S/C15H18O3/c1-17-12-7-5-11-6-8-15(18-2)13(4-3-9-16)14(11)10-12/h5-8,10,16H,3-4,9H2,1-2H3. The van der Waals surface area contributed by atoms with Crippen molar-refractivity contribution in [1.29, 1.82) is 0 Å². The van der Waals surface area contributed by atoms with E-state index < -0.39 is 0 Å². The predicted octanol–water partition coefficient (Wildman–Crippen LogP) is 2.78. The fourth-order valence-corrected chi connectivity index (χ4v) is 2.17. The quantitative estimate of drug-likeness (QED) is 0.881. The first-order valence-corrected chi connectivity index (χ1v) is 6.04. The third kappa shape index (κ3) is 2.41. The van der Waals surface area contributed by atoms with Gasteiger partial charge in [-0.25, -0.2) is 0 Å². The fourth-order valence-electron chi connectivity index (χ4n) is 2.17. The minimum Gasteiger partial charge on any atom is -0.497 e. The molecule has 0 aliphatic carbocycles. The molecule has 0 aliphatic heterocycles. The summed E-state index contributed by atoms with van der Waals surface area (Å²) in [5.41, 5.74) is 1.13. The number of hydrogen-bond acceptors (Lipinski definition) is 3. The van der Waals surface area contributed by atoms with Gasteiger partial charge in [-0.05, 0) is 41.8 Å². The smallest absolute Gasteiger partial charge is 0.122 e. The Morgan fingerprint density at radius 2 is 1.83 bits per heavy atom. The maximum absolute atomic E-state index is 9.00. The van der Waals surface area contributed by atoms with E-state index in [4.69, 9.17) is 14.6 Å². The van der Waals surface area contributed by atoms with E-state index >= 15 is 0 Å². The molecule has 0 unspecified atom stereocenters. The second kappa shape index (κ2) is 5.74. The lowest BCUT2D eigenvalue weighted by atomic mass is 9.99. The maximum atomic E-state index is 9.00. The zero-order valence-electron chi connectivity index (χ0n) is 10.8. The maximum Gasteiger partial charge on any atom is 0.122 e. The van der Waals surface area contributed by atoms with Crippen molar-refractivity contribution in [2.75, 3.05) is 20.8 Å². The number of aliphatic hydroxyl groups is 1. The van der Waals surface area contributed by atoms with Crippen molar-refractivity contribution >= 4 is 10.8 Å². The number of benzene rings is 2. The van der Waals surface area contributed by atoms with Gasteiger partial charge in [0.1, 0.15) is 11.5 Å². The molecule has 0 heterocycles. The van der Waals surface area contributed by atoms with Crippen molar-refractivity contribution in [3.05, 3.63) is 35.9 Å². The third-order valence-corrected chi connectivity index (χ3v) is 3.10. The number of fused-ring (bicyclic) bond motifs is 1. The van der Waals surface area contributed by atoms with Crippen LogP contribution < -0.4 is 9.47 Å². The second-order valence-corrected chi connectivity index (χ2v) is 4.16. The highest BCUT2D eigenvalue weighted by Gasteiger charge is 2.09. The molecule has 0 amide bonds. The molecule has 0 spiro atoms. The highest BCUT2D eigenvalue weighted by Crippen LogP contribution is 2.31. The topological polar surface area (TPSA) is 38.7 Å². The van der Waals surface area contributed by atoms with E-state index in [9.17, 15) is 0 Å². The minimum absolute atomic E-state index is 0.184. The van der Waals surface area contributed by atoms with Crippen LogP contribution in [0.3, 0.4) is 0 Å². The summed E-state index contributed by atoms with van der Waals surface area (Å²) < 4.78 is 10.7. The number of aryl methyl sites for hydroxylation is 1. The van der Waals surface area contributed by atoms with Crippen LogP contribution >= 0.6 is 0 Å². The predicted molar refractivity (Wildman–Crippen MR) is 72.5 cm³/mol. The molecule has 0 radical (unpaired) electrons. The zero-order chi connectivity index (χ0) is 13.0. The molecule has 18 heavy (non-hydrogen) atoms. The van der Waals surface area contributed by atoms with Crippen molar-refractivity contribution in [2.45, 2.75) is 12.8 Å². The molecule has 0 saturated heterocycles. The Kier molecular flexibility index (Phi) is 4.05. The lowest BCUT2D eigenvalue weighted by molar-refractivity contribution is 0.288. The van der Waals surface area contributed by atoms with Crippen LogP contribution in [0.2, 0.25) is 0 Å². The van der Waals surface area contributed by atoms with Crippen LogP contribution in [-0.4, -0.2) is 25.9 Å². The molecular weight excluding hydrogens is 228 g/mol. The normalized spacial score (nSPS) is 10.6. The first-order valence-electron chi connectivity index (χ1n) is 6.04. The van der Waals surface area contributed by atoms with Crippen molar-refractivity contribution in [2.24, 2.45) is 0 Å². The molecule has 2 rings (SSSR count). The molecule has 3 heteroatoms. The Morgan fingerprint density at radius 3 is 2.50 bits per heavy atom. The van der Waals surface area contributed by atoms with Gasteiger partial charge >= 0.3 is 0 Å². The molecule has 1 N–H and O–H groups in total. The summed E-state index contributed by atoms with van der Waals surface area (Å²) in [4.78, 5) is 0. The molecular formula is C15H18O3. The molecule has 0 atom stereocenters. The molecule has 2 aromatic carbocycles. The summed E-state index contributed by atoms with van der Waals surface area (Å²) in [5, 5.41) is 11.3. The zero-order valence-corrected chi connectivity index (χ0v) is 10.8. The lowest BCUT2D eigenvalue weighted by Crippen LogP contribution is -1.96. The summed E-state index contributed by atoms with van der Waals surface area (Å²) in [7, 11) is 3.33. The van der Waals surface area contributed by atoms with Crippen LogP contribution in [0.5, 0.6) is 11.5 Å². The van der Waals surface area contributed by atoms with E-state index in [1.807, 2.05) is 30.3 Å². The van der Waals surface area contributed by atoms with Crippen LogP contribution in [0.4, 0.5) is 0 Å². The van der Waals surface area contributed by atoms with Gasteiger partial charge in [0.05, 0.1) is 14.2 Å². The second-order valence-electron chi connectivity index (χ2n) is 4.16. The summed E-state index contributed by atoms with van der Waals surface area (Å²) in [5.74, 6) is 1.70. The van der Waals surface area contributed by atoms with Gasteiger partial charge < -0.3 is 14.6 Å². The van der Waals surface area contributed by atoms with Crippen LogP contribution in [0.1, 0.15) is 12.0 Å². The van der Waals surface area contributed by atoms with Gasteiger partial charge in [-0.2, -0.15) is 0 Å². The average Bonchev–Trinajstić information content (AvgIpc) is 2.43. The van der Waals surface area contributed by atoms with E-state index in [0.717, 1.165) is 40.7 Å². The summed E-state index contributed by atoms with van der Waals surface area (Å²) >= 11 is 0. The van der Waals surface area contributed by atoms with Crippen molar-refractivity contribution < 1.29 is 14.6 Å². The molecule has 2 aromatic rings. The number of methoxy groups -OCH3 is 2. The van der Waals surface area contributed by atoms with Gasteiger partial charge in [0, 0.05) is 12.2 Å². The monoisotopic (exact) mass is 246 g/mol. The Balaban J connectivity index is 2.58. The Labute approximate surface area is 107 Å². The Bertz CT molecular complexity index is 529. The number of aliphatic hydroxyl groups excluding tert-OH is 1. The summed E-state index contributed by atoms with van der Waals surface area (Å²) in [6, 6.07) is 10.0. The first-order chi connectivity index (χ1) is 8.80. The lowest BCUT2D eigenvalue weighted by Gasteiger charge is -2.12. The van der Waals surface area contributed by atoms with Crippen molar-refractivity contribution in [1.82, 2.24) is 0 Å². The number of hydrogen-bond donors (Lipinski definition) is 1. The van der Waals surface area contributed by atoms with Crippen LogP contribution in [0.25, 0.3) is 10.8 Å². The molecule has 0 aliphatic rings. The summed E-state index contributed by atoms with van der Waals surface area (Å²) in [6.07, 6.45) is 1.52. The van der Waals surface area contributed by atoms with E-state index in [0.29, 0.717) is 0 Å². The fraction of sp³-hybridized carbons (Fsp3) is 0.333. The highest BCUT2D eigenvalue weighted by molar-refractivity contribution is 5.89.